The van der Waals surface area contributed by atoms with Gasteiger partial charge in [-0.05, 0) is 106 Å². The summed E-state index contributed by atoms with van der Waals surface area (Å²) in [6, 6.07) is 0. The lowest BCUT2D eigenvalue weighted by Gasteiger charge is -2.58. The van der Waals surface area contributed by atoms with Crippen LogP contribution in [0.3, 0.4) is 0 Å². The van der Waals surface area contributed by atoms with Crippen LogP contribution in [-0.2, 0) is 0 Å². The van der Waals surface area contributed by atoms with Gasteiger partial charge in [0.15, 0.2) is 0 Å². The van der Waals surface area contributed by atoms with Crippen molar-refractivity contribution in [3.05, 3.63) is 0 Å². The molecule has 0 aromatic carbocycles. The second-order valence-electron chi connectivity index (χ2n) is 11.9. The molecule has 10 unspecified atom stereocenters. The molecule has 168 valence electrons. The fraction of sp³-hybridized carbons (Fsp3) is 1.00. The molecule has 4 rings (SSSR count). The van der Waals surface area contributed by atoms with Crippen LogP contribution < -0.4 is 0 Å². The SMILES string of the molecule is CCCCCCC(C)(O)C1CCC2C3CC(O)C4CC(O)CCC4C3CCC21C. The lowest BCUT2D eigenvalue weighted by atomic mass is 9.48. The molecule has 3 heteroatoms. The van der Waals surface area contributed by atoms with Gasteiger partial charge in [0, 0.05) is 0 Å². The highest BCUT2D eigenvalue weighted by Crippen LogP contribution is 2.66. The molecule has 4 aliphatic carbocycles. The Morgan fingerprint density at radius 3 is 2.38 bits per heavy atom. The second kappa shape index (κ2) is 8.43. The van der Waals surface area contributed by atoms with Crippen molar-refractivity contribution in [3.63, 3.8) is 0 Å². The Labute approximate surface area is 178 Å². The van der Waals surface area contributed by atoms with Crippen molar-refractivity contribution >= 4 is 0 Å². The van der Waals surface area contributed by atoms with E-state index < -0.39 is 5.60 Å². The first-order chi connectivity index (χ1) is 13.8. The van der Waals surface area contributed by atoms with Crippen molar-refractivity contribution < 1.29 is 15.3 Å². The lowest BCUT2D eigenvalue weighted by Crippen LogP contribution is -2.55. The Kier molecular flexibility index (Phi) is 6.42. The van der Waals surface area contributed by atoms with E-state index in [9.17, 15) is 15.3 Å². The Balaban J connectivity index is 1.48. The fourth-order valence-electron chi connectivity index (χ4n) is 8.93. The molecule has 0 radical (unpaired) electrons. The normalized spacial score (nSPS) is 49.0. The van der Waals surface area contributed by atoms with Crippen LogP contribution >= 0.6 is 0 Å². The van der Waals surface area contributed by atoms with Crippen molar-refractivity contribution in [2.24, 2.45) is 40.9 Å². The van der Waals surface area contributed by atoms with E-state index in [1.807, 2.05) is 0 Å². The van der Waals surface area contributed by atoms with Gasteiger partial charge in [-0.15, -0.1) is 0 Å². The van der Waals surface area contributed by atoms with Gasteiger partial charge >= 0.3 is 0 Å². The van der Waals surface area contributed by atoms with Gasteiger partial charge in [-0.3, -0.25) is 0 Å². The van der Waals surface area contributed by atoms with Gasteiger partial charge < -0.3 is 15.3 Å². The van der Waals surface area contributed by atoms with E-state index in [0.717, 1.165) is 50.9 Å². The van der Waals surface area contributed by atoms with E-state index in [4.69, 9.17) is 0 Å². The number of fused-ring (bicyclic) bond motifs is 5. The minimum Gasteiger partial charge on any atom is -0.393 e. The molecule has 0 saturated heterocycles. The highest BCUT2D eigenvalue weighted by molar-refractivity contribution is 5.10. The molecule has 0 amide bonds. The average Bonchev–Trinajstić information content (AvgIpc) is 3.04. The zero-order valence-electron chi connectivity index (χ0n) is 19.2. The third-order valence-corrected chi connectivity index (χ3v) is 10.3. The zero-order chi connectivity index (χ0) is 20.8. The molecule has 0 aromatic heterocycles. The Morgan fingerprint density at radius 1 is 0.862 bits per heavy atom. The van der Waals surface area contributed by atoms with Gasteiger partial charge in [0.25, 0.3) is 0 Å². The van der Waals surface area contributed by atoms with E-state index in [1.54, 1.807) is 0 Å². The summed E-state index contributed by atoms with van der Waals surface area (Å²) in [4.78, 5) is 0. The minimum atomic E-state index is -0.547. The van der Waals surface area contributed by atoms with Crippen molar-refractivity contribution in [3.8, 4) is 0 Å². The number of unbranched alkanes of at least 4 members (excludes halogenated alkanes) is 3. The monoisotopic (exact) mass is 406 g/mol. The van der Waals surface area contributed by atoms with Crippen LogP contribution in [0.5, 0.6) is 0 Å². The number of rotatable bonds is 6. The summed E-state index contributed by atoms with van der Waals surface area (Å²) in [6.45, 7) is 6.85. The summed E-state index contributed by atoms with van der Waals surface area (Å²) in [5.41, 5.74) is -0.314. The number of aliphatic hydroxyl groups is 3. The average molecular weight is 407 g/mol. The van der Waals surface area contributed by atoms with Crippen LogP contribution in [0.25, 0.3) is 0 Å². The smallest absolute Gasteiger partial charge is 0.0653 e. The second-order valence-corrected chi connectivity index (χ2v) is 11.9. The quantitative estimate of drug-likeness (QED) is 0.524. The van der Waals surface area contributed by atoms with Crippen LogP contribution in [0.2, 0.25) is 0 Å². The Bertz CT molecular complexity index is 560. The highest BCUT2D eigenvalue weighted by atomic mass is 16.3. The van der Waals surface area contributed by atoms with E-state index in [2.05, 4.69) is 20.8 Å². The Morgan fingerprint density at radius 2 is 1.62 bits per heavy atom. The molecule has 3 N–H and O–H groups in total. The van der Waals surface area contributed by atoms with Gasteiger partial charge in [0.2, 0.25) is 0 Å². The topological polar surface area (TPSA) is 60.7 Å². The molecule has 3 nitrogen and oxygen atoms in total. The highest BCUT2D eigenvalue weighted by Gasteiger charge is 2.61. The van der Waals surface area contributed by atoms with Gasteiger partial charge in [-0.1, -0.05) is 39.5 Å². The van der Waals surface area contributed by atoms with Crippen LogP contribution in [0.4, 0.5) is 0 Å². The lowest BCUT2D eigenvalue weighted by molar-refractivity contribution is -0.143. The molecular formula is C26H46O3. The first kappa shape index (κ1) is 22.1. The van der Waals surface area contributed by atoms with E-state index in [0.29, 0.717) is 29.6 Å². The third-order valence-electron chi connectivity index (χ3n) is 10.3. The van der Waals surface area contributed by atoms with Gasteiger partial charge in [0.05, 0.1) is 17.8 Å². The summed E-state index contributed by atoms with van der Waals surface area (Å²) in [6.07, 6.45) is 14.1. The maximum atomic E-state index is 11.5. The molecule has 4 saturated carbocycles. The number of hydrogen-bond acceptors (Lipinski definition) is 3. The van der Waals surface area contributed by atoms with Gasteiger partial charge in [0.1, 0.15) is 0 Å². The molecule has 4 aliphatic rings. The van der Waals surface area contributed by atoms with E-state index in [-0.39, 0.29) is 17.6 Å². The largest absolute Gasteiger partial charge is 0.393 e. The van der Waals surface area contributed by atoms with E-state index in [1.165, 1.54) is 38.5 Å². The zero-order valence-corrected chi connectivity index (χ0v) is 19.2. The third kappa shape index (κ3) is 3.94. The summed E-state index contributed by atoms with van der Waals surface area (Å²) in [5, 5.41) is 32.6. The molecule has 4 fully saturated rings. The number of hydrogen-bond donors (Lipinski definition) is 3. The van der Waals surface area contributed by atoms with Crippen molar-refractivity contribution in [1.82, 2.24) is 0 Å². The molecule has 10 atom stereocenters. The minimum absolute atomic E-state index is 0.199. The number of aliphatic hydroxyl groups excluding tert-OH is 2. The van der Waals surface area contributed by atoms with Crippen LogP contribution in [0, 0.1) is 40.9 Å². The fourth-order valence-corrected chi connectivity index (χ4v) is 8.93. The summed E-state index contributed by atoms with van der Waals surface area (Å²) < 4.78 is 0. The van der Waals surface area contributed by atoms with Crippen LogP contribution in [0.1, 0.15) is 104 Å². The molecule has 0 spiro atoms. The van der Waals surface area contributed by atoms with Crippen molar-refractivity contribution in [2.75, 3.05) is 0 Å². The molecular weight excluding hydrogens is 360 g/mol. The van der Waals surface area contributed by atoms with E-state index >= 15 is 0 Å². The molecule has 0 aromatic rings. The van der Waals surface area contributed by atoms with Crippen molar-refractivity contribution in [1.29, 1.82) is 0 Å². The molecule has 0 heterocycles. The van der Waals surface area contributed by atoms with Gasteiger partial charge in [-0.2, -0.15) is 0 Å². The molecule has 0 bridgehead atoms. The summed E-state index contributed by atoms with van der Waals surface area (Å²) >= 11 is 0. The summed E-state index contributed by atoms with van der Waals surface area (Å²) in [5.74, 6) is 3.37. The maximum Gasteiger partial charge on any atom is 0.0653 e. The summed E-state index contributed by atoms with van der Waals surface area (Å²) in [7, 11) is 0. The first-order valence-electron chi connectivity index (χ1n) is 12.9. The standard InChI is InChI=1S/C26H46O3/c1-4-5-6-7-13-26(3,29)24-11-10-22-20-16-23(28)21-15-17(27)8-9-18(21)19(20)12-14-25(22,24)2/h17-24,27-29H,4-16H2,1-3H3. The predicted octanol–water partition coefficient (Wildman–Crippen LogP) is 5.31. The van der Waals surface area contributed by atoms with Gasteiger partial charge in [-0.25, -0.2) is 0 Å². The van der Waals surface area contributed by atoms with Crippen LogP contribution in [0.15, 0.2) is 0 Å². The van der Waals surface area contributed by atoms with Crippen LogP contribution in [-0.4, -0.2) is 33.1 Å². The Hall–Kier alpha value is -0.120. The maximum absolute atomic E-state index is 11.5. The first-order valence-corrected chi connectivity index (χ1v) is 12.9. The molecule has 0 aliphatic heterocycles. The van der Waals surface area contributed by atoms with Crippen molar-refractivity contribution in [2.45, 2.75) is 122 Å². The predicted molar refractivity (Wildman–Crippen MR) is 117 cm³/mol. The molecule has 29 heavy (non-hydrogen) atoms.